The number of hydrogen-bond acceptors (Lipinski definition) is 4. The van der Waals surface area contributed by atoms with Crippen LogP contribution in [-0.4, -0.2) is 56.3 Å². The Labute approximate surface area is 171 Å². The predicted molar refractivity (Wildman–Crippen MR) is 111 cm³/mol. The maximum Gasteiger partial charge on any atom is 0.246 e. The van der Waals surface area contributed by atoms with Crippen molar-refractivity contribution < 1.29 is 17.6 Å². The van der Waals surface area contributed by atoms with Gasteiger partial charge in [-0.3, -0.25) is 9.69 Å². The maximum atomic E-state index is 13.9. The molecule has 2 aromatic carbocycles. The first kappa shape index (κ1) is 21.4. The molecule has 1 heterocycles. The Morgan fingerprint density at radius 3 is 2.41 bits per heavy atom. The van der Waals surface area contributed by atoms with Crippen LogP contribution < -0.4 is 5.32 Å². The molecule has 0 bridgehead atoms. The lowest BCUT2D eigenvalue weighted by Crippen LogP contribution is -2.50. The average Bonchev–Trinajstić information content (AvgIpc) is 2.70. The van der Waals surface area contributed by atoms with E-state index in [1.165, 1.54) is 22.5 Å². The summed E-state index contributed by atoms with van der Waals surface area (Å²) in [6, 6.07) is 11.3. The minimum Gasteiger partial charge on any atom is -0.324 e. The summed E-state index contributed by atoms with van der Waals surface area (Å²) < 4.78 is 40.5. The maximum absolute atomic E-state index is 13.9. The number of rotatable bonds is 6. The molecule has 0 radical (unpaired) electrons. The number of benzene rings is 2. The van der Waals surface area contributed by atoms with Gasteiger partial charge in [0.25, 0.3) is 0 Å². The normalized spacial score (nSPS) is 16.0. The number of piperazine rings is 1. The monoisotopic (exact) mass is 419 g/mol. The lowest BCUT2D eigenvalue weighted by atomic mass is 10.1. The summed E-state index contributed by atoms with van der Waals surface area (Å²) in [5.41, 5.74) is 2.94. The van der Waals surface area contributed by atoms with Gasteiger partial charge in [0.1, 0.15) is 10.7 Å². The van der Waals surface area contributed by atoms with E-state index in [4.69, 9.17) is 0 Å². The second-order valence-corrected chi connectivity index (χ2v) is 9.03. The second kappa shape index (κ2) is 9.02. The summed E-state index contributed by atoms with van der Waals surface area (Å²) in [5.74, 6) is -0.876. The first-order valence-electron chi connectivity index (χ1n) is 9.68. The van der Waals surface area contributed by atoms with E-state index >= 15 is 0 Å². The van der Waals surface area contributed by atoms with Gasteiger partial charge in [0, 0.05) is 31.9 Å². The van der Waals surface area contributed by atoms with Crippen molar-refractivity contribution in [2.75, 3.05) is 38.0 Å². The third-order valence-electron chi connectivity index (χ3n) is 5.16. The zero-order chi connectivity index (χ0) is 21.0. The highest BCUT2D eigenvalue weighted by molar-refractivity contribution is 7.89. The Morgan fingerprint density at radius 1 is 1.07 bits per heavy atom. The summed E-state index contributed by atoms with van der Waals surface area (Å²) in [6.45, 7) is 5.44. The van der Waals surface area contributed by atoms with E-state index in [0.717, 1.165) is 29.3 Å². The number of sulfonamides is 1. The molecule has 2 aromatic rings. The summed E-state index contributed by atoms with van der Waals surface area (Å²) in [6.07, 6.45) is 0.823. The second-order valence-electron chi connectivity index (χ2n) is 7.12. The van der Waals surface area contributed by atoms with Crippen LogP contribution in [0.15, 0.2) is 47.4 Å². The van der Waals surface area contributed by atoms with Gasteiger partial charge in [0.05, 0.1) is 6.54 Å². The van der Waals surface area contributed by atoms with Gasteiger partial charge in [-0.1, -0.05) is 37.3 Å². The highest BCUT2D eigenvalue weighted by atomic mass is 32.2. The molecular weight excluding hydrogens is 393 g/mol. The third kappa shape index (κ3) is 4.83. The molecule has 0 aromatic heterocycles. The van der Waals surface area contributed by atoms with Gasteiger partial charge in [-0.25, -0.2) is 12.8 Å². The number of carbonyl (C=O) groups is 1. The molecule has 0 saturated carbocycles. The lowest BCUT2D eigenvalue weighted by Gasteiger charge is -2.33. The van der Waals surface area contributed by atoms with Crippen molar-refractivity contribution in [1.29, 1.82) is 0 Å². The zero-order valence-corrected chi connectivity index (χ0v) is 17.5. The van der Waals surface area contributed by atoms with Gasteiger partial charge < -0.3 is 5.32 Å². The molecule has 6 nitrogen and oxygen atoms in total. The number of hydrogen-bond donors (Lipinski definition) is 1. The molecule has 0 spiro atoms. The Morgan fingerprint density at radius 2 is 1.76 bits per heavy atom. The topological polar surface area (TPSA) is 69.7 Å². The smallest absolute Gasteiger partial charge is 0.246 e. The minimum atomic E-state index is -3.88. The van der Waals surface area contributed by atoms with Crippen LogP contribution in [-0.2, 0) is 21.2 Å². The molecule has 156 valence electrons. The van der Waals surface area contributed by atoms with E-state index in [0.29, 0.717) is 13.1 Å². The van der Waals surface area contributed by atoms with Crippen molar-refractivity contribution in [1.82, 2.24) is 9.21 Å². The predicted octanol–water partition coefficient (Wildman–Crippen LogP) is 2.64. The summed E-state index contributed by atoms with van der Waals surface area (Å²) in [4.78, 5) is 14.1. The number of nitrogens with one attached hydrogen (secondary N) is 1. The first-order chi connectivity index (χ1) is 13.8. The van der Waals surface area contributed by atoms with Crippen molar-refractivity contribution in [3.63, 3.8) is 0 Å². The van der Waals surface area contributed by atoms with E-state index in [-0.39, 0.29) is 30.4 Å². The third-order valence-corrected chi connectivity index (χ3v) is 7.09. The molecule has 1 saturated heterocycles. The van der Waals surface area contributed by atoms with Crippen molar-refractivity contribution >= 4 is 21.6 Å². The fourth-order valence-electron chi connectivity index (χ4n) is 3.51. The number of nitrogens with zero attached hydrogens (tertiary/aromatic N) is 2. The van der Waals surface area contributed by atoms with E-state index in [9.17, 15) is 17.6 Å². The standard InChI is InChI=1S/C21H26FN3O3S/c1-3-17-8-6-7-16(2)21(17)23-20(26)15-24-11-13-25(14-12-24)29(27,28)19-10-5-4-9-18(19)22/h4-10H,3,11-15H2,1-2H3,(H,23,26). The lowest BCUT2D eigenvalue weighted by molar-refractivity contribution is -0.117. The van der Waals surface area contributed by atoms with E-state index in [2.05, 4.69) is 5.32 Å². The van der Waals surface area contributed by atoms with Crippen LogP contribution in [0, 0.1) is 12.7 Å². The number of halogens is 1. The van der Waals surface area contributed by atoms with Gasteiger partial charge in [0.15, 0.2) is 0 Å². The first-order valence-corrected chi connectivity index (χ1v) is 11.1. The number of carbonyl (C=O) groups excluding carboxylic acids is 1. The average molecular weight is 420 g/mol. The number of anilines is 1. The molecule has 1 N–H and O–H groups in total. The van der Waals surface area contributed by atoms with Gasteiger partial charge >= 0.3 is 0 Å². The van der Waals surface area contributed by atoms with Gasteiger partial charge in [-0.15, -0.1) is 0 Å². The summed E-state index contributed by atoms with van der Waals surface area (Å²) in [7, 11) is -3.88. The van der Waals surface area contributed by atoms with Crippen LogP contribution in [0.2, 0.25) is 0 Å². The fraction of sp³-hybridized carbons (Fsp3) is 0.381. The van der Waals surface area contributed by atoms with Crippen molar-refractivity contribution in [2.45, 2.75) is 25.2 Å². The molecular formula is C21H26FN3O3S. The van der Waals surface area contributed by atoms with Crippen molar-refractivity contribution in [3.05, 3.63) is 59.4 Å². The summed E-state index contributed by atoms with van der Waals surface area (Å²) >= 11 is 0. The van der Waals surface area contributed by atoms with Crippen LogP contribution in [0.1, 0.15) is 18.1 Å². The van der Waals surface area contributed by atoms with Gasteiger partial charge in [-0.2, -0.15) is 4.31 Å². The molecule has 1 amide bonds. The molecule has 1 aliphatic heterocycles. The highest BCUT2D eigenvalue weighted by Crippen LogP contribution is 2.22. The largest absolute Gasteiger partial charge is 0.324 e. The van der Waals surface area contributed by atoms with Crippen LogP contribution in [0.4, 0.5) is 10.1 Å². The molecule has 0 unspecified atom stereocenters. The molecule has 8 heteroatoms. The Hall–Kier alpha value is -2.29. The number of para-hydroxylation sites is 1. The van der Waals surface area contributed by atoms with Crippen LogP contribution in [0.25, 0.3) is 0 Å². The van der Waals surface area contributed by atoms with Crippen LogP contribution in [0.5, 0.6) is 0 Å². The Bertz CT molecular complexity index is 986. The molecule has 1 fully saturated rings. The van der Waals surface area contributed by atoms with Crippen LogP contribution >= 0.6 is 0 Å². The fourth-order valence-corrected chi connectivity index (χ4v) is 4.99. The molecule has 0 aliphatic carbocycles. The van der Waals surface area contributed by atoms with E-state index in [1.807, 2.05) is 36.9 Å². The van der Waals surface area contributed by atoms with Gasteiger partial charge in [0.2, 0.25) is 15.9 Å². The SMILES string of the molecule is CCc1cccc(C)c1NC(=O)CN1CCN(S(=O)(=O)c2ccccc2F)CC1. The zero-order valence-electron chi connectivity index (χ0n) is 16.7. The van der Waals surface area contributed by atoms with Crippen molar-refractivity contribution in [2.24, 2.45) is 0 Å². The van der Waals surface area contributed by atoms with Crippen molar-refractivity contribution in [3.8, 4) is 0 Å². The minimum absolute atomic E-state index is 0.126. The van der Waals surface area contributed by atoms with Gasteiger partial charge in [-0.05, 0) is 36.6 Å². The number of aryl methyl sites for hydroxylation is 2. The summed E-state index contributed by atoms with van der Waals surface area (Å²) in [5, 5.41) is 2.99. The Balaban J connectivity index is 1.59. The molecule has 0 atom stereocenters. The van der Waals surface area contributed by atoms with E-state index < -0.39 is 15.8 Å². The quantitative estimate of drug-likeness (QED) is 0.782. The number of amides is 1. The Kier molecular flexibility index (Phi) is 6.66. The van der Waals surface area contributed by atoms with Crippen LogP contribution in [0.3, 0.4) is 0 Å². The van der Waals surface area contributed by atoms with E-state index in [1.54, 1.807) is 0 Å². The highest BCUT2D eigenvalue weighted by Gasteiger charge is 2.30. The molecule has 3 rings (SSSR count). The molecule has 1 aliphatic rings. The molecule has 29 heavy (non-hydrogen) atoms.